The Morgan fingerprint density at radius 1 is 0.971 bits per heavy atom. The lowest BCUT2D eigenvalue weighted by Gasteiger charge is -2.32. The Morgan fingerprint density at radius 2 is 1.62 bits per heavy atom. The number of sulfonamides is 1. The molecule has 0 spiro atoms. The first-order chi connectivity index (χ1) is 16.1. The lowest BCUT2D eigenvalue weighted by atomic mass is 10.00. The monoisotopic (exact) mass is 508 g/mol. The molecule has 0 aromatic heterocycles. The zero-order chi connectivity index (χ0) is 24.5. The van der Waals surface area contributed by atoms with E-state index in [0.29, 0.717) is 23.3 Å². The topological polar surface area (TPSA) is 57.7 Å². The van der Waals surface area contributed by atoms with Gasteiger partial charge in [-0.25, -0.2) is 8.42 Å². The first kappa shape index (κ1) is 24.1. The molecule has 4 rings (SSSR count). The second kappa shape index (κ2) is 9.31. The van der Waals surface area contributed by atoms with E-state index in [1.165, 1.54) is 29.2 Å². The molecule has 1 heterocycles. The van der Waals surface area contributed by atoms with Crippen molar-refractivity contribution in [3.05, 3.63) is 94.5 Å². The van der Waals surface area contributed by atoms with E-state index in [0.717, 1.165) is 23.3 Å². The van der Waals surface area contributed by atoms with Crippen LogP contribution < -0.4 is 4.31 Å². The van der Waals surface area contributed by atoms with E-state index in [4.69, 9.17) is 11.6 Å². The minimum absolute atomic E-state index is 0.166. The van der Waals surface area contributed by atoms with Gasteiger partial charge in [0.15, 0.2) is 0 Å². The lowest BCUT2D eigenvalue weighted by molar-refractivity contribution is -0.137. The number of amides is 1. The number of carbonyl (C=O) groups is 1. The first-order valence-electron chi connectivity index (χ1n) is 10.4. The molecule has 5 nitrogen and oxygen atoms in total. The third-order valence-electron chi connectivity index (χ3n) is 5.64. The highest BCUT2D eigenvalue weighted by Crippen LogP contribution is 2.37. The van der Waals surface area contributed by atoms with E-state index >= 15 is 0 Å². The number of anilines is 1. The van der Waals surface area contributed by atoms with Crippen molar-refractivity contribution in [3.8, 4) is 0 Å². The van der Waals surface area contributed by atoms with Gasteiger partial charge in [-0.1, -0.05) is 54.1 Å². The smallest absolute Gasteiger partial charge is 0.336 e. The maximum absolute atomic E-state index is 13.5. The molecule has 0 bridgehead atoms. The minimum atomic E-state index is -4.72. The van der Waals surface area contributed by atoms with Crippen molar-refractivity contribution in [1.82, 2.24) is 4.90 Å². The van der Waals surface area contributed by atoms with Crippen LogP contribution in [0.5, 0.6) is 0 Å². The van der Waals surface area contributed by atoms with Crippen LogP contribution in [0.15, 0.2) is 77.7 Å². The van der Waals surface area contributed by atoms with Gasteiger partial charge in [-0.2, -0.15) is 13.2 Å². The molecule has 3 aromatic carbocycles. The Kier molecular flexibility index (Phi) is 6.60. The number of hydrogen-bond donors (Lipinski definition) is 0. The molecule has 0 unspecified atom stereocenters. The number of alkyl halides is 3. The van der Waals surface area contributed by atoms with Crippen LogP contribution in [0, 0.1) is 0 Å². The van der Waals surface area contributed by atoms with Crippen LogP contribution in [0.2, 0.25) is 5.02 Å². The minimum Gasteiger partial charge on any atom is -0.336 e. The van der Waals surface area contributed by atoms with Crippen LogP contribution in [-0.4, -0.2) is 32.3 Å². The highest BCUT2D eigenvalue weighted by Gasteiger charge is 2.35. The predicted octanol–water partition coefficient (Wildman–Crippen LogP) is 5.14. The van der Waals surface area contributed by atoms with E-state index in [9.17, 15) is 26.4 Å². The van der Waals surface area contributed by atoms with Crippen molar-refractivity contribution in [2.45, 2.75) is 24.0 Å². The van der Waals surface area contributed by atoms with Crippen molar-refractivity contribution >= 4 is 33.2 Å². The number of rotatable bonds is 5. The maximum Gasteiger partial charge on any atom is 0.416 e. The van der Waals surface area contributed by atoms with Crippen molar-refractivity contribution in [2.75, 3.05) is 17.4 Å². The van der Waals surface area contributed by atoms with Crippen molar-refractivity contribution in [2.24, 2.45) is 0 Å². The number of fused-ring (bicyclic) bond motifs is 1. The van der Waals surface area contributed by atoms with Crippen molar-refractivity contribution < 1.29 is 26.4 Å². The molecule has 0 aliphatic carbocycles. The standard InChI is InChI=1S/C24H20ClF3N2O3S/c25-21-11-10-19(24(26,27)28)14-22(21)30(34(32,33)20-8-2-1-3-9-20)16-23(31)29-13-12-17-6-4-5-7-18(17)15-29/h1-11,14H,12-13,15-16H2. The van der Waals surface area contributed by atoms with Gasteiger partial charge in [-0.05, 0) is 47.9 Å². The van der Waals surface area contributed by atoms with Gasteiger partial charge >= 0.3 is 6.18 Å². The molecule has 178 valence electrons. The molecule has 0 N–H and O–H groups in total. The Balaban J connectivity index is 1.73. The summed E-state index contributed by atoms with van der Waals surface area (Å²) in [5, 5.41) is -0.218. The van der Waals surface area contributed by atoms with Crippen LogP contribution in [0.3, 0.4) is 0 Å². The van der Waals surface area contributed by atoms with Gasteiger partial charge in [0.2, 0.25) is 5.91 Å². The van der Waals surface area contributed by atoms with Crippen LogP contribution in [-0.2, 0) is 34.0 Å². The normalized spacial score (nSPS) is 13.9. The van der Waals surface area contributed by atoms with E-state index in [-0.39, 0.29) is 16.5 Å². The van der Waals surface area contributed by atoms with E-state index < -0.39 is 39.9 Å². The molecule has 0 radical (unpaired) electrons. The molecular weight excluding hydrogens is 489 g/mol. The fraction of sp³-hybridized carbons (Fsp3) is 0.208. The van der Waals surface area contributed by atoms with Gasteiger partial charge in [0.1, 0.15) is 6.54 Å². The Labute approximate surface area is 200 Å². The molecule has 1 amide bonds. The predicted molar refractivity (Wildman–Crippen MR) is 123 cm³/mol. The summed E-state index contributed by atoms with van der Waals surface area (Å²) in [5.74, 6) is -0.539. The number of nitrogens with zero attached hydrogens (tertiary/aromatic N) is 2. The number of benzene rings is 3. The van der Waals surface area contributed by atoms with Crippen molar-refractivity contribution in [3.63, 3.8) is 0 Å². The highest BCUT2D eigenvalue weighted by molar-refractivity contribution is 7.92. The van der Waals surface area contributed by atoms with Crippen LogP contribution >= 0.6 is 11.6 Å². The van der Waals surface area contributed by atoms with Crippen LogP contribution in [0.4, 0.5) is 18.9 Å². The van der Waals surface area contributed by atoms with Crippen molar-refractivity contribution in [1.29, 1.82) is 0 Å². The van der Waals surface area contributed by atoms with E-state index in [2.05, 4.69) is 0 Å². The number of halogens is 4. The highest BCUT2D eigenvalue weighted by atomic mass is 35.5. The first-order valence-corrected chi connectivity index (χ1v) is 12.2. The molecule has 3 aromatic rings. The fourth-order valence-corrected chi connectivity index (χ4v) is 5.55. The van der Waals surface area contributed by atoms with Gasteiger partial charge in [0.05, 0.1) is 21.2 Å². The quantitative estimate of drug-likeness (QED) is 0.479. The van der Waals surface area contributed by atoms with Gasteiger partial charge in [0.25, 0.3) is 10.0 Å². The second-order valence-corrected chi connectivity index (χ2v) is 10.1. The van der Waals surface area contributed by atoms with Crippen LogP contribution in [0.1, 0.15) is 16.7 Å². The summed E-state index contributed by atoms with van der Waals surface area (Å²) in [6, 6.07) is 17.2. The van der Waals surface area contributed by atoms with Crippen LogP contribution in [0.25, 0.3) is 0 Å². The molecule has 1 aliphatic heterocycles. The van der Waals surface area contributed by atoms with E-state index in [1.54, 1.807) is 6.07 Å². The van der Waals surface area contributed by atoms with Gasteiger partial charge < -0.3 is 4.90 Å². The third-order valence-corrected chi connectivity index (χ3v) is 7.73. The summed E-state index contributed by atoms with van der Waals surface area (Å²) in [4.78, 5) is 14.5. The maximum atomic E-state index is 13.5. The zero-order valence-electron chi connectivity index (χ0n) is 17.8. The zero-order valence-corrected chi connectivity index (χ0v) is 19.4. The summed E-state index contributed by atoms with van der Waals surface area (Å²) < 4.78 is 67.8. The van der Waals surface area contributed by atoms with E-state index in [1.807, 2.05) is 24.3 Å². The molecular formula is C24H20ClF3N2O3S. The molecule has 0 atom stereocenters. The summed E-state index contributed by atoms with van der Waals surface area (Å²) in [7, 11) is -4.40. The molecule has 10 heteroatoms. The molecule has 34 heavy (non-hydrogen) atoms. The third kappa shape index (κ3) is 4.90. The Hall–Kier alpha value is -3.04. The van der Waals surface area contributed by atoms with Gasteiger partial charge in [-0.15, -0.1) is 0 Å². The number of carbonyl (C=O) groups excluding carboxylic acids is 1. The summed E-state index contributed by atoms with van der Waals surface area (Å²) in [5.41, 5.74) is 0.559. The Bertz CT molecular complexity index is 1310. The summed E-state index contributed by atoms with van der Waals surface area (Å²) >= 11 is 6.17. The SMILES string of the molecule is O=C(CN(c1cc(C(F)(F)F)ccc1Cl)S(=O)(=O)c1ccccc1)N1CCc2ccccc2C1. The second-order valence-electron chi connectivity index (χ2n) is 7.82. The fourth-order valence-electron chi connectivity index (χ4n) is 3.83. The average molecular weight is 509 g/mol. The molecule has 1 aliphatic rings. The van der Waals surface area contributed by atoms with Gasteiger partial charge in [0, 0.05) is 13.1 Å². The largest absolute Gasteiger partial charge is 0.416 e. The Morgan fingerprint density at radius 3 is 2.29 bits per heavy atom. The molecule has 0 saturated heterocycles. The molecule has 0 saturated carbocycles. The molecule has 0 fully saturated rings. The number of hydrogen-bond acceptors (Lipinski definition) is 3. The summed E-state index contributed by atoms with van der Waals surface area (Å²) in [6.45, 7) is -0.0453. The van der Waals surface area contributed by atoms with Gasteiger partial charge in [-0.3, -0.25) is 9.10 Å². The average Bonchev–Trinajstić information content (AvgIpc) is 2.82. The summed E-state index contributed by atoms with van der Waals surface area (Å²) in [6.07, 6.45) is -4.13. The lowest BCUT2D eigenvalue weighted by Crippen LogP contribution is -2.45.